The Morgan fingerprint density at radius 1 is 1.31 bits per heavy atom. The number of fused-ring (bicyclic) bond motifs is 1. The zero-order chi connectivity index (χ0) is 9.42. The second kappa shape index (κ2) is 3.18. The first-order valence-corrected chi connectivity index (χ1v) is 4.60. The molecule has 5 heteroatoms. The first kappa shape index (κ1) is 8.81. The molecular formula is C8H7BBrNO2. The Balaban J connectivity index is 2.77. The second-order valence-corrected chi connectivity index (χ2v) is 3.73. The number of nitrogens with one attached hydrogen (secondary N) is 1. The van der Waals surface area contributed by atoms with Crippen LogP contribution in [0.25, 0.3) is 10.9 Å². The minimum Gasteiger partial charge on any atom is -0.423 e. The number of halogens is 1. The molecule has 66 valence electrons. The fraction of sp³-hybridized carbons (Fsp3) is 0. The van der Waals surface area contributed by atoms with Gasteiger partial charge in [0, 0.05) is 27.0 Å². The third kappa shape index (κ3) is 1.50. The van der Waals surface area contributed by atoms with Gasteiger partial charge in [-0.2, -0.15) is 0 Å². The molecule has 0 unspecified atom stereocenters. The molecule has 3 nitrogen and oxygen atoms in total. The molecule has 1 aromatic carbocycles. The summed E-state index contributed by atoms with van der Waals surface area (Å²) in [7, 11) is -1.45. The van der Waals surface area contributed by atoms with E-state index in [2.05, 4.69) is 20.9 Å². The highest BCUT2D eigenvalue weighted by Gasteiger charge is 2.15. The van der Waals surface area contributed by atoms with Crippen LogP contribution < -0.4 is 5.46 Å². The van der Waals surface area contributed by atoms with Crippen LogP contribution in [-0.4, -0.2) is 22.2 Å². The van der Waals surface area contributed by atoms with Crippen molar-refractivity contribution in [1.29, 1.82) is 0 Å². The molecule has 3 N–H and O–H groups in total. The van der Waals surface area contributed by atoms with E-state index in [1.165, 1.54) is 0 Å². The van der Waals surface area contributed by atoms with Crippen LogP contribution in [0.4, 0.5) is 0 Å². The lowest BCUT2D eigenvalue weighted by molar-refractivity contribution is 0.426. The van der Waals surface area contributed by atoms with Crippen LogP contribution in [0.5, 0.6) is 0 Å². The van der Waals surface area contributed by atoms with Crippen LogP contribution in [0.15, 0.2) is 28.9 Å². The van der Waals surface area contributed by atoms with Gasteiger partial charge in [-0.1, -0.05) is 15.9 Å². The van der Waals surface area contributed by atoms with Gasteiger partial charge < -0.3 is 15.0 Å². The number of hydrogen-bond donors (Lipinski definition) is 3. The van der Waals surface area contributed by atoms with Crippen molar-refractivity contribution in [2.75, 3.05) is 0 Å². The Labute approximate surface area is 83.7 Å². The first-order chi connectivity index (χ1) is 6.18. The van der Waals surface area contributed by atoms with Gasteiger partial charge >= 0.3 is 7.12 Å². The molecule has 0 radical (unpaired) electrons. The topological polar surface area (TPSA) is 56.2 Å². The zero-order valence-electron chi connectivity index (χ0n) is 6.66. The Morgan fingerprint density at radius 3 is 2.77 bits per heavy atom. The normalized spacial score (nSPS) is 10.7. The van der Waals surface area contributed by atoms with Gasteiger partial charge in [0.1, 0.15) is 0 Å². The third-order valence-electron chi connectivity index (χ3n) is 1.93. The molecule has 1 aromatic heterocycles. The monoisotopic (exact) mass is 239 g/mol. The largest absolute Gasteiger partial charge is 0.490 e. The molecule has 0 bridgehead atoms. The van der Waals surface area contributed by atoms with E-state index >= 15 is 0 Å². The molecule has 13 heavy (non-hydrogen) atoms. The van der Waals surface area contributed by atoms with Gasteiger partial charge in [0.15, 0.2) is 0 Å². The number of rotatable bonds is 1. The molecule has 2 aromatic rings. The number of benzene rings is 1. The molecule has 0 aliphatic carbocycles. The Kier molecular flexibility index (Phi) is 2.15. The predicted octanol–water partition coefficient (Wildman–Crippen LogP) is 0.610. The molecule has 0 aliphatic heterocycles. The molecule has 0 aliphatic rings. The minimum absolute atomic E-state index is 0.481. The molecule has 2 rings (SSSR count). The van der Waals surface area contributed by atoms with Crippen LogP contribution >= 0.6 is 15.9 Å². The van der Waals surface area contributed by atoms with Crippen molar-refractivity contribution in [3.8, 4) is 0 Å². The van der Waals surface area contributed by atoms with E-state index in [4.69, 9.17) is 10.0 Å². The molecule has 0 saturated carbocycles. The van der Waals surface area contributed by atoms with Crippen molar-refractivity contribution in [2.45, 2.75) is 0 Å². The quantitative estimate of drug-likeness (QED) is 0.639. The van der Waals surface area contributed by atoms with Crippen LogP contribution in [0.2, 0.25) is 0 Å². The van der Waals surface area contributed by atoms with Gasteiger partial charge in [-0.3, -0.25) is 0 Å². The van der Waals surface area contributed by atoms with Gasteiger partial charge in [0.25, 0.3) is 0 Å². The van der Waals surface area contributed by atoms with E-state index in [-0.39, 0.29) is 0 Å². The van der Waals surface area contributed by atoms with Gasteiger partial charge in [0.2, 0.25) is 0 Å². The van der Waals surface area contributed by atoms with E-state index in [1.807, 2.05) is 12.1 Å². The van der Waals surface area contributed by atoms with Crippen molar-refractivity contribution in [3.05, 3.63) is 28.9 Å². The van der Waals surface area contributed by atoms with Crippen molar-refractivity contribution in [3.63, 3.8) is 0 Å². The molecule has 0 fully saturated rings. The smallest absolute Gasteiger partial charge is 0.423 e. The van der Waals surface area contributed by atoms with Crippen molar-refractivity contribution >= 4 is 39.4 Å². The highest BCUT2D eigenvalue weighted by molar-refractivity contribution is 9.10. The summed E-state index contributed by atoms with van der Waals surface area (Å²) in [5.74, 6) is 0. The van der Waals surface area contributed by atoms with Gasteiger partial charge in [0.05, 0.1) is 0 Å². The van der Waals surface area contributed by atoms with Crippen LogP contribution in [0.1, 0.15) is 0 Å². The molecule has 0 saturated heterocycles. The second-order valence-electron chi connectivity index (χ2n) is 2.81. The summed E-state index contributed by atoms with van der Waals surface area (Å²) in [6.45, 7) is 0. The first-order valence-electron chi connectivity index (χ1n) is 3.81. The number of H-pyrrole nitrogens is 1. The summed E-state index contributed by atoms with van der Waals surface area (Å²) in [6, 6.07) is 5.48. The molecule has 0 atom stereocenters. The Morgan fingerprint density at radius 2 is 2.08 bits per heavy atom. The summed E-state index contributed by atoms with van der Waals surface area (Å²) < 4.78 is 0.836. The van der Waals surface area contributed by atoms with E-state index < -0.39 is 7.12 Å². The third-order valence-corrected chi connectivity index (χ3v) is 2.39. The Bertz CT molecular complexity index is 441. The summed E-state index contributed by atoms with van der Waals surface area (Å²) in [4.78, 5) is 2.96. The number of aromatic amines is 1. The van der Waals surface area contributed by atoms with Crippen LogP contribution in [0.3, 0.4) is 0 Å². The van der Waals surface area contributed by atoms with Gasteiger partial charge in [-0.25, -0.2) is 0 Å². The van der Waals surface area contributed by atoms with Crippen molar-refractivity contribution < 1.29 is 10.0 Å². The fourth-order valence-corrected chi connectivity index (χ4v) is 1.86. The van der Waals surface area contributed by atoms with Crippen LogP contribution in [0, 0.1) is 0 Å². The maximum atomic E-state index is 9.08. The van der Waals surface area contributed by atoms with Gasteiger partial charge in [-0.15, -0.1) is 0 Å². The predicted molar refractivity (Wildman–Crippen MR) is 55.8 cm³/mol. The molecule has 0 spiro atoms. The molecule has 0 amide bonds. The molecular weight excluding hydrogens is 233 g/mol. The van der Waals surface area contributed by atoms with E-state index in [1.54, 1.807) is 12.3 Å². The van der Waals surface area contributed by atoms with Gasteiger partial charge in [-0.05, 0) is 18.2 Å². The minimum atomic E-state index is -1.45. The van der Waals surface area contributed by atoms with Crippen molar-refractivity contribution in [2.24, 2.45) is 0 Å². The van der Waals surface area contributed by atoms with Crippen molar-refractivity contribution in [1.82, 2.24) is 4.98 Å². The summed E-state index contributed by atoms with van der Waals surface area (Å²) in [5.41, 5.74) is 1.24. The highest BCUT2D eigenvalue weighted by atomic mass is 79.9. The number of hydrogen-bond acceptors (Lipinski definition) is 2. The van der Waals surface area contributed by atoms with Crippen LogP contribution in [-0.2, 0) is 0 Å². The lowest BCUT2D eigenvalue weighted by atomic mass is 9.79. The summed E-state index contributed by atoms with van der Waals surface area (Å²) in [6.07, 6.45) is 1.77. The average Bonchev–Trinajstić information content (AvgIpc) is 2.49. The summed E-state index contributed by atoms with van der Waals surface area (Å²) >= 11 is 3.30. The molecule has 1 heterocycles. The Hall–Kier alpha value is -0.775. The lowest BCUT2D eigenvalue weighted by Crippen LogP contribution is -2.30. The maximum Gasteiger partial charge on any atom is 0.490 e. The fourth-order valence-electron chi connectivity index (χ4n) is 1.37. The standard InChI is InChI=1S/C8H7BBrNO2/c10-6-3-5-1-2-11-8(5)7(4-6)9(12)13/h1-4,11-13H. The van der Waals surface area contributed by atoms with E-state index in [0.717, 1.165) is 15.4 Å². The summed E-state index contributed by atoms with van der Waals surface area (Å²) in [5, 5.41) is 19.1. The highest BCUT2D eigenvalue weighted by Crippen LogP contribution is 2.16. The van der Waals surface area contributed by atoms with E-state index in [0.29, 0.717) is 5.46 Å². The average molecular weight is 240 g/mol. The maximum absolute atomic E-state index is 9.08. The SMILES string of the molecule is OB(O)c1cc(Br)cc2cc[nH]c12. The zero-order valence-corrected chi connectivity index (χ0v) is 8.25. The number of aromatic nitrogens is 1. The lowest BCUT2D eigenvalue weighted by Gasteiger charge is -2.02. The van der Waals surface area contributed by atoms with E-state index in [9.17, 15) is 0 Å².